The van der Waals surface area contributed by atoms with Crippen molar-refractivity contribution in [3.05, 3.63) is 35.5 Å². The molecule has 0 aliphatic carbocycles. The van der Waals surface area contributed by atoms with Gasteiger partial charge in [-0.2, -0.15) is 0 Å². The number of carbonyl (C=O) groups excluding carboxylic acids is 1. The summed E-state index contributed by atoms with van der Waals surface area (Å²) in [7, 11) is 0. The van der Waals surface area contributed by atoms with Gasteiger partial charge in [-0.25, -0.2) is 4.79 Å². The second-order valence-corrected chi connectivity index (χ2v) is 4.40. The molecule has 0 spiro atoms. The topological polar surface area (TPSA) is 26.3 Å². The van der Waals surface area contributed by atoms with E-state index < -0.39 is 0 Å². The Morgan fingerprint density at radius 3 is 2.41 bits per heavy atom. The Morgan fingerprint density at radius 1 is 1.24 bits per heavy atom. The zero-order valence-electron chi connectivity index (χ0n) is 11.5. The van der Waals surface area contributed by atoms with Crippen LogP contribution in [0.3, 0.4) is 0 Å². The summed E-state index contributed by atoms with van der Waals surface area (Å²) in [6.07, 6.45) is 6.94. The minimum atomic E-state index is -0.291. The van der Waals surface area contributed by atoms with Crippen LogP contribution in [0.4, 0.5) is 0 Å². The molecule has 0 fully saturated rings. The normalized spacial score (nSPS) is 10.9. The van der Waals surface area contributed by atoms with Crippen LogP contribution in [0.25, 0.3) is 0 Å². The summed E-state index contributed by atoms with van der Waals surface area (Å²) in [5, 5.41) is 0. The maximum atomic E-state index is 11.3. The minimum absolute atomic E-state index is 0.291. The van der Waals surface area contributed by atoms with Gasteiger partial charge in [0.15, 0.2) is 0 Å². The summed E-state index contributed by atoms with van der Waals surface area (Å²) in [5.74, 6) is -0.291. The highest BCUT2D eigenvalue weighted by atomic mass is 16.5. The molecular weight excluding hydrogens is 212 g/mol. The third-order valence-electron chi connectivity index (χ3n) is 2.35. The maximum absolute atomic E-state index is 11.3. The molecule has 0 aromatic rings. The first kappa shape index (κ1) is 15.7. The molecule has 0 atom stereocenters. The number of carbonyl (C=O) groups is 1. The van der Waals surface area contributed by atoms with Crippen LogP contribution in [-0.4, -0.2) is 12.6 Å². The second kappa shape index (κ2) is 8.80. The molecule has 0 bridgehead atoms. The lowest BCUT2D eigenvalue weighted by Gasteiger charge is -2.03. The average molecular weight is 236 g/mol. The van der Waals surface area contributed by atoms with E-state index in [4.69, 9.17) is 4.74 Å². The average Bonchev–Trinajstić information content (AvgIpc) is 2.25. The zero-order chi connectivity index (χ0) is 13.3. The molecule has 0 aliphatic heterocycles. The van der Waals surface area contributed by atoms with Crippen molar-refractivity contribution in [3.8, 4) is 0 Å². The molecule has 96 valence electrons. The number of esters is 1. The lowest BCUT2D eigenvalue weighted by atomic mass is 10.1. The molecule has 0 N–H and O–H groups in total. The minimum Gasteiger partial charge on any atom is -0.463 e. The molecule has 0 rings (SSSR count). The molecule has 0 amide bonds. The fourth-order valence-corrected chi connectivity index (χ4v) is 1.30. The van der Waals surface area contributed by atoms with Crippen molar-refractivity contribution in [2.45, 2.75) is 47.0 Å². The maximum Gasteiger partial charge on any atom is 0.333 e. The van der Waals surface area contributed by atoms with E-state index in [-0.39, 0.29) is 5.97 Å². The van der Waals surface area contributed by atoms with E-state index in [9.17, 15) is 4.79 Å². The fraction of sp³-hybridized carbons (Fsp3) is 0.533. The van der Waals surface area contributed by atoms with Crippen molar-refractivity contribution in [2.75, 3.05) is 6.61 Å². The van der Waals surface area contributed by atoms with E-state index in [1.807, 2.05) is 0 Å². The molecule has 0 saturated carbocycles. The fourth-order valence-electron chi connectivity index (χ4n) is 1.30. The van der Waals surface area contributed by atoms with Crippen LogP contribution in [-0.2, 0) is 9.53 Å². The first-order valence-electron chi connectivity index (χ1n) is 6.11. The summed E-state index contributed by atoms with van der Waals surface area (Å²) in [6, 6.07) is 0. The highest BCUT2D eigenvalue weighted by Crippen LogP contribution is 2.10. The Bertz CT molecular complexity index is 318. The van der Waals surface area contributed by atoms with Gasteiger partial charge >= 0.3 is 5.97 Å². The van der Waals surface area contributed by atoms with Gasteiger partial charge < -0.3 is 4.74 Å². The number of hydrogen-bond acceptors (Lipinski definition) is 2. The molecule has 0 saturated heterocycles. The Morgan fingerprint density at radius 2 is 1.88 bits per heavy atom. The monoisotopic (exact) mass is 236 g/mol. The lowest BCUT2D eigenvalue weighted by molar-refractivity contribution is -0.138. The second-order valence-electron chi connectivity index (χ2n) is 4.40. The van der Waals surface area contributed by atoms with E-state index in [0.717, 1.165) is 12.8 Å². The van der Waals surface area contributed by atoms with E-state index in [0.29, 0.717) is 18.6 Å². The van der Waals surface area contributed by atoms with E-state index in [2.05, 4.69) is 39.5 Å². The van der Waals surface area contributed by atoms with Crippen LogP contribution in [0.15, 0.2) is 35.5 Å². The van der Waals surface area contributed by atoms with E-state index >= 15 is 0 Å². The Balaban J connectivity index is 4.02. The molecule has 0 heterocycles. The van der Waals surface area contributed by atoms with Crippen LogP contribution in [0, 0.1) is 0 Å². The van der Waals surface area contributed by atoms with Crippen molar-refractivity contribution < 1.29 is 9.53 Å². The van der Waals surface area contributed by atoms with Gasteiger partial charge in [0, 0.05) is 5.57 Å². The van der Waals surface area contributed by atoms with Crippen LogP contribution >= 0.6 is 0 Å². The summed E-state index contributed by atoms with van der Waals surface area (Å²) < 4.78 is 4.87. The number of allylic oxidation sites excluding steroid dienone is 4. The zero-order valence-corrected chi connectivity index (χ0v) is 11.5. The highest BCUT2D eigenvalue weighted by Gasteiger charge is 2.05. The third-order valence-corrected chi connectivity index (χ3v) is 2.35. The molecule has 0 aromatic heterocycles. The number of rotatable bonds is 7. The van der Waals surface area contributed by atoms with E-state index in [1.54, 1.807) is 6.92 Å². The van der Waals surface area contributed by atoms with Crippen LogP contribution in [0.5, 0.6) is 0 Å². The summed E-state index contributed by atoms with van der Waals surface area (Å²) in [6.45, 7) is 12.2. The largest absolute Gasteiger partial charge is 0.463 e. The Hall–Kier alpha value is -1.31. The standard InChI is InChI=1S/C15H24O2/c1-6-17-15(16)14(5)11-10-13(4)9-7-8-12(2)3/h8,10H,5-7,9,11H2,1-4H3/b13-10-. The molecule has 2 heteroatoms. The van der Waals surface area contributed by atoms with Gasteiger partial charge in [-0.05, 0) is 47.0 Å². The number of hydrogen-bond donors (Lipinski definition) is 0. The molecular formula is C15H24O2. The number of ether oxygens (including phenoxy) is 1. The predicted molar refractivity (Wildman–Crippen MR) is 72.8 cm³/mol. The summed E-state index contributed by atoms with van der Waals surface area (Å²) >= 11 is 0. The molecule has 0 radical (unpaired) electrons. The third kappa shape index (κ3) is 8.49. The Labute approximate surface area is 105 Å². The van der Waals surface area contributed by atoms with Gasteiger partial charge in [-0.15, -0.1) is 0 Å². The van der Waals surface area contributed by atoms with Crippen molar-refractivity contribution in [1.29, 1.82) is 0 Å². The van der Waals surface area contributed by atoms with Crippen molar-refractivity contribution in [1.82, 2.24) is 0 Å². The van der Waals surface area contributed by atoms with Crippen LogP contribution in [0.1, 0.15) is 47.0 Å². The van der Waals surface area contributed by atoms with Gasteiger partial charge in [0.1, 0.15) is 0 Å². The van der Waals surface area contributed by atoms with Crippen molar-refractivity contribution in [2.24, 2.45) is 0 Å². The van der Waals surface area contributed by atoms with Crippen LogP contribution < -0.4 is 0 Å². The highest BCUT2D eigenvalue weighted by molar-refractivity contribution is 5.87. The van der Waals surface area contributed by atoms with E-state index in [1.165, 1.54) is 11.1 Å². The predicted octanol–water partition coefficient (Wildman–Crippen LogP) is 4.19. The van der Waals surface area contributed by atoms with Gasteiger partial charge in [0.2, 0.25) is 0 Å². The van der Waals surface area contributed by atoms with Gasteiger partial charge in [0.05, 0.1) is 6.61 Å². The molecule has 0 aliphatic rings. The first-order chi connectivity index (χ1) is 7.97. The van der Waals surface area contributed by atoms with Gasteiger partial charge in [-0.1, -0.05) is 29.9 Å². The van der Waals surface area contributed by atoms with Crippen LogP contribution in [0.2, 0.25) is 0 Å². The first-order valence-corrected chi connectivity index (χ1v) is 6.11. The van der Waals surface area contributed by atoms with Crippen molar-refractivity contribution in [3.63, 3.8) is 0 Å². The molecule has 0 aromatic carbocycles. The van der Waals surface area contributed by atoms with Gasteiger partial charge in [0.25, 0.3) is 0 Å². The van der Waals surface area contributed by atoms with Gasteiger partial charge in [-0.3, -0.25) is 0 Å². The molecule has 0 unspecified atom stereocenters. The summed E-state index contributed by atoms with van der Waals surface area (Å²) in [5.41, 5.74) is 3.15. The molecule has 17 heavy (non-hydrogen) atoms. The van der Waals surface area contributed by atoms with Crippen molar-refractivity contribution >= 4 is 5.97 Å². The smallest absolute Gasteiger partial charge is 0.333 e. The lowest BCUT2D eigenvalue weighted by Crippen LogP contribution is -2.05. The summed E-state index contributed by atoms with van der Waals surface area (Å²) in [4.78, 5) is 11.3. The Kier molecular flexibility index (Phi) is 8.12. The molecule has 2 nitrogen and oxygen atoms in total. The quantitative estimate of drug-likeness (QED) is 0.376. The SMILES string of the molecule is C=C(C/C=C(/C)CCC=C(C)C)C(=O)OCC.